The smallest absolute Gasteiger partial charge is 0.251 e. The first-order chi connectivity index (χ1) is 12.2. The third-order valence-electron chi connectivity index (χ3n) is 3.73. The second-order valence-electron chi connectivity index (χ2n) is 5.43. The summed E-state index contributed by atoms with van der Waals surface area (Å²) in [6, 6.07) is 20.1. The van der Waals surface area contributed by atoms with Crippen LogP contribution >= 0.6 is 0 Å². The summed E-state index contributed by atoms with van der Waals surface area (Å²) >= 11 is 0. The molecule has 2 aromatic carbocycles. The van der Waals surface area contributed by atoms with Gasteiger partial charge in [0.15, 0.2) is 5.76 Å². The number of furan rings is 1. The molecule has 0 unspecified atom stereocenters. The van der Waals surface area contributed by atoms with Crippen LogP contribution in [0.2, 0.25) is 0 Å². The number of carbonyl (C=O) groups is 2. The molecule has 3 rings (SSSR count). The van der Waals surface area contributed by atoms with Gasteiger partial charge in [-0.05, 0) is 35.9 Å². The van der Waals surface area contributed by atoms with E-state index in [0.29, 0.717) is 11.3 Å². The molecule has 1 aromatic heterocycles. The van der Waals surface area contributed by atoms with Gasteiger partial charge >= 0.3 is 0 Å². The van der Waals surface area contributed by atoms with Crippen LogP contribution < -0.4 is 5.32 Å². The zero-order valence-electron chi connectivity index (χ0n) is 13.7. The van der Waals surface area contributed by atoms with Gasteiger partial charge in [0.2, 0.25) is 5.78 Å². The Kier molecular flexibility index (Phi) is 4.90. The second-order valence-corrected chi connectivity index (χ2v) is 5.43. The molecular formula is C21H17NO3. The molecule has 0 spiro atoms. The highest BCUT2D eigenvalue weighted by Crippen LogP contribution is 2.22. The Bertz CT molecular complexity index is 906. The molecule has 0 bridgehead atoms. The molecule has 1 N–H and O–H groups in total. The summed E-state index contributed by atoms with van der Waals surface area (Å²) in [7, 11) is 1.59. The summed E-state index contributed by atoms with van der Waals surface area (Å²) in [4.78, 5) is 23.7. The van der Waals surface area contributed by atoms with E-state index in [9.17, 15) is 9.59 Å². The molecule has 0 aliphatic heterocycles. The topological polar surface area (TPSA) is 59.3 Å². The number of nitrogens with one attached hydrogen (secondary N) is 1. The molecular weight excluding hydrogens is 314 g/mol. The van der Waals surface area contributed by atoms with E-state index in [-0.39, 0.29) is 17.5 Å². The van der Waals surface area contributed by atoms with E-state index >= 15 is 0 Å². The molecule has 4 heteroatoms. The Hall–Kier alpha value is -3.40. The lowest BCUT2D eigenvalue weighted by molar-refractivity contribution is 0.0962. The fraction of sp³-hybridized carbons (Fsp3) is 0.0476. The summed E-state index contributed by atoms with van der Waals surface area (Å²) in [5.41, 5.74) is 2.33. The number of amides is 1. The summed E-state index contributed by atoms with van der Waals surface area (Å²) in [5, 5.41) is 2.56. The van der Waals surface area contributed by atoms with Crippen molar-refractivity contribution in [1.29, 1.82) is 0 Å². The first-order valence-corrected chi connectivity index (χ1v) is 7.87. The Labute approximate surface area is 145 Å². The van der Waals surface area contributed by atoms with E-state index < -0.39 is 0 Å². The average molecular weight is 331 g/mol. The van der Waals surface area contributed by atoms with Gasteiger partial charge in [-0.1, -0.05) is 48.5 Å². The van der Waals surface area contributed by atoms with Gasteiger partial charge < -0.3 is 9.73 Å². The van der Waals surface area contributed by atoms with Crippen molar-refractivity contribution in [3.8, 4) is 11.3 Å². The van der Waals surface area contributed by atoms with Crippen molar-refractivity contribution in [2.75, 3.05) is 7.05 Å². The van der Waals surface area contributed by atoms with Crippen molar-refractivity contribution in [3.05, 3.63) is 89.7 Å². The molecule has 1 amide bonds. The maximum atomic E-state index is 12.2. The van der Waals surface area contributed by atoms with Gasteiger partial charge in [-0.3, -0.25) is 9.59 Å². The van der Waals surface area contributed by atoms with Crippen molar-refractivity contribution < 1.29 is 14.0 Å². The maximum Gasteiger partial charge on any atom is 0.251 e. The van der Waals surface area contributed by atoms with Gasteiger partial charge in [0.25, 0.3) is 5.91 Å². The summed E-state index contributed by atoms with van der Waals surface area (Å²) < 4.78 is 5.63. The Morgan fingerprint density at radius 2 is 1.64 bits per heavy atom. The SMILES string of the molecule is CNC(=O)c1ccc(C=CC(=O)c2ccc(-c3ccccc3)o2)cc1. The minimum absolute atomic E-state index is 0.143. The monoisotopic (exact) mass is 331 g/mol. The Morgan fingerprint density at radius 3 is 2.32 bits per heavy atom. The number of hydrogen-bond donors (Lipinski definition) is 1. The van der Waals surface area contributed by atoms with E-state index in [1.54, 1.807) is 49.5 Å². The first-order valence-electron chi connectivity index (χ1n) is 7.87. The van der Waals surface area contributed by atoms with E-state index in [1.165, 1.54) is 6.08 Å². The van der Waals surface area contributed by atoms with Crippen LogP contribution in [-0.4, -0.2) is 18.7 Å². The first kappa shape index (κ1) is 16.5. The fourth-order valence-corrected chi connectivity index (χ4v) is 2.37. The number of hydrogen-bond acceptors (Lipinski definition) is 3. The maximum absolute atomic E-state index is 12.2. The molecule has 1 heterocycles. The number of benzene rings is 2. The van der Waals surface area contributed by atoms with Crippen molar-refractivity contribution in [1.82, 2.24) is 5.32 Å². The minimum Gasteiger partial charge on any atom is -0.453 e. The molecule has 0 saturated carbocycles. The molecule has 0 saturated heterocycles. The lowest BCUT2D eigenvalue weighted by atomic mass is 10.1. The molecule has 0 atom stereocenters. The molecule has 0 radical (unpaired) electrons. The van der Waals surface area contributed by atoms with Crippen LogP contribution in [0.1, 0.15) is 26.5 Å². The summed E-state index contributed by atoms with van der Waals surface area (Å²) in [6.45, 7) is 0. The van der Waals surface area contributed by atoms with Crippen molar-refractivity contribution in [3.63, 3.8) is 0 Å². The van der Waals surface area contributed by atoms with Gasteiger partial charge in [-0.2, -0.15) is 0 Å². The van der Waals surface area contributed by atoms with E-state index in [4.69, 9.17) is 4.42 Å². The average Bonchev–Trinajstić information content (AvgIpc) is 3.17. The second kappa shape index (κ2) is 7.45. The van der Waals surface area contributed by atoms with Gasteiger partial charge in [0.1, 0.15) is 5.76 Å². The minimum atomic E-state index is -0.211. The molecule has 0 aliphatic carbocycles. The number of carbonyl (C=O) groups excluding carboxylic acids is 2. The van der Waals surface area contributed by atoms with Gasteiger partial charge in [0.05, 0.1) is 0 Å². The zero-order valence-corrected chi connectivity index (χ0v) is 13.7. The molecule has 0 fully saturated rings. The number of ketones is 1. The van der Waals surface area contributed by atoms with E-state index in [1.807, 2.05) is 30.3 Å². The van der Waals surface area contributed by atoms with Gasteiger partial charge in [-0.15, -0.1) is 0 Å². The molecule has 4 nitrogen and oxygen atoms in total. The van der Waals surface area contributed by atoms with Gasteiger partial charge in [-0.25, -0.2) is 0 Å². The summed E-state index contributed by atoms with van der Waals surface area (Å²) in [5.74, 6) is 0.595. The van der Waals surface area contributed by atoms with Crippen LogP contribution in [0, 0.1) is 0 Å². The van der Waals surface area contributed by atoms with Crippen LogP contribution in [-0.2, 0) is 0 Å². The Balaban J connectivity index is 1.71. The van der Waals surface area contributed by atoms with Crippen molar-refractivity contribution >= 4 is 17.8 Å². The zero-order chi connectivity index (χ0) is 17.6. The highest BCUT2D eigenvalue weighted by atomic mass is 16.3. The van der Waals surface area contributed by atoms with Crippen LogP contribution in [0.3, 0.4) is 0 Å². The highest BCUT2D eigenvalue weighted by molar-refractivity contribution is 6.05. The lowest BCUT2D eigenvalue weighted by Crippen LogP contribution is -2.17. The predicted molar refractivity (Wildman–Crippen MR) is 97.3 cm³/mol. The third kappa shape index (κ3) is 3.93. The quantitative estimate of drug-likeness (QED) is 0.563. The third-order valence-corrected chi connectivity index (χ3v) is 3.73. The number of allylic oxidation sites excluding steroid dienone is 1. The Morgan fingerprint density at radius 1 is 0.920 bits per heavy atom. The predicted octanol–water partition coefficient (Wildman–Crippen LogP) is 4.20. The normalized spacial score (nSPS) is 10.8. The molecule has 0 aliphatic rings. The van der Waals surface area contributed by atoms with Gasteiger partial charge in [0, 0.05) is 18.2 Å². The van der Waals surface area contributed by atoms with Crippen LogP contribution in [0.4, 0.5) is 0 Å². The van der Waals surface area contributed by atoms with Crippen molar-refractivity contribution in [2.45, 2.75) is 0 Å². The number of rotatable bonds is 5. The lowest BCUT2D eigenvalue weighted by Gasteiger charge is -1.99. The fourth-order valence-electron chi connectivity index (χ4n) is 2.37. The summed E-state index contributed by atoms with van der Waals surface area (Å²) in [6.07, 6.45) is 3.16. The molecule has 124 valence electrons. The highest BCUT2D eigenvalue weighted by Gasteiger charge is 2.09. The van der Waals surface area contributed by atoms with E-state index in [2.05, 4.69) is 5.32 Å². The van der Waals surface area contributed by atoms with Crippen LogP contribution in [0.5, 0.6) is 0 Å². The standard InChI is InChI=1S/C21H17NO3/c1-22-21(24)17-10-7-15(8-11-17)9-12-18(23)20-14-13-19(25-20)16-5-3-2-4-6-16/h2-14H,1H3,(H,22,24). The van der Waals surface area contributed by atoms with Crippen LogP contribution in [0.15, 0.2) is 77.2 Å². The largest absolute Gasteiger partial charge is 0.453 e. The van der Waals surface area contributed by atoms with Crippen molar-refractivity contribution in [2.24, 2.45) is 0 Å². The molecule has 25 heavy (non-hydrogen) atoms. The molecule has 3 aromatic rings. The van der Waals surface area contributed by atoms with E-state index in [0.717, 1.165) is 11.1 Å². The van der Waals surface area contributed by atoms with Crippen LogP contribution in [0.25, 0.3) is 17.4 Å².